The molecular weight excluding hydrogens is 146 g/mol. The van der Waals surface area contributed by atoms with Crippen LogP contribution in [0.2, 0.25) is 0 Å². The van der Waals surface area contributed by atoms with Crippen molar-refractivity contribution in [1.82, 2.24) is 4.90 Å². The Labute approximate surface area is 76.5 Å². The van der Waals surface area contributed by atoms with Crippen LogP contribution in [0.3, 0.4) is 0 Å². The Morgan fingerprint density at radius 2 is 2.00 bits per heavy atom. The third-order valence-electron chi connectivity index (χ3n) is 2.88. The SMILES string of the molecule is C=CCC1CCN(C(C)C)CC1. The number of likely N-dealkylation sites (tertiary alicyclic amines) is 1. The van der Waals surface area contributed by atoms with Crippen molar-refractivity contribution < 1.29 is 0 Å². The Morgan fingerprint density at radius 3 is 2.42 bits per heavy atom. The second-order valence-corrected chi connectivity index (χ2v) is 4.10. The summed E-state index contributed by atoms with van der Waals surface area (Å²) in [6.07, 6.45) is 6.01. The summed E-state index contributed by atoms with van der Waals surface area (Å²) in [6, 6.07) is 0.731. The van der Waals surface area contributed by atoms with Crippen LogP contribution in [0.1, 0.15) is 33.1 Å². The molecule has 0 aromatic carbocycles. The van der Waals surface area contributed by atoms with Crippen LogP contribution >= 0.6 is 0 Å². The molecule has 0 amide bonds. The molecule has 1 rings (SSSR count). The van der Waals surface area contributed by atoms with E-state index in [0.29, 0.717) is 0 Å². The van der Waals surface area contributed by atoms with Crippen LogP contribution < -0.4 is 0 Å². The van der Waals surface area contributed by atoms with Gasteiger partial charge in [0.05, 0.1) is 0 Å². The Kier molecular flexibility index (Phi) is 3.80. The third-order valence-corrected chi connectivity index (χ3v) is 2.88. The summed E-state index contributed by atoms with van der Waals surface area (Å²) in [7, 11) is 0. The van der Waals surface area contributed by atoms with Gasteiger partial charge in [-0.1, -0.05) is 6.08 Å². The first-order valence-corrected chi connectivity index (χ1v) is 5.09. The number of piperidine rings is 1. The number of nitrogens with zero attached hydrogens (tertiary/aromatic N) is 1. The molecule has 0 saturated carbocycles. The van der Waals surface area contributed by atoms with Crippen molar-refractivity contribution >= 4 is 0 Å². The summed E-state index contributed by atoms with van der Waals surface area (Å²) in [6.45, 7) is 10.9. The standard InChI is InChI=1S/C11H21N/c1-4-5-11-6-8-12(9-7-11)10(2)3/h4,10-11H,1,5-9H2,2-3H3. The van der Waals surface area contributed by atoms with E-state index in [1.807, 2.05) is 0 Å². The fourth-order valence-corrected chi connectivity index (χ4v) is 1.94. The van der Waals surface area contributed by atoms with E-state index < -0.39 is 0 Å². The van der Waals surface area contributed by atoms with Gasteiger partial charge in [-0.3, -0.25) is 0 Å². The topological polar surface area (TPSA) is 3.24 Å². The molecule has 0 atom stereocenters. The van der Waals surface area contributed by atoms with Gasteiger partial charge in [-0.25, -0.2) is 0 Å². The molecular formula is C11H21N. The Morgan fingerprint density at radius 1 is 1.42 bits per heavy atom. The van der Waals surface area contributed by atoms with Crippen molar-refractivity contribution in [2.24, 2.45) is 5.92 Å². The minimum atomic E-state index is 0.731. The van der Waals surface area contributed by atoms with Gasteiger partial charge in [0.1, 0.15) is 0 Å². The van der Waals surface area contributed by atoms with Crippen molar-refractivity contribution in [3.8, 4) is 0 Å². The predicted octanol–water partition coefficient (Wildman–Crippen LogP) is 2.68. The molecule has 70 valence electrons. The van der Waals surface area contributed by atoms with E-state index in [0.717, 1.165) is 12.0 Å². The van der Waals surface area contributed by atoms with Crippen LogP contribution in [0.25, 0.3) is 0 Å². The molecule has 1 saturated heterocycles. The zero-order valence-corrected chi connectivity index (χ0v) is 8.42. The van der Waals surface area contributed by atoms with Gasteiger partial charge in [-0.15, -0.1) is 6.58 Å². The third kappa shape index (κ3) is 2.63. The first-order valence-electron chi connectivity index (χ1n) is 5.09. The van der Waals surface area contributed by atoms with E-state index in [2.05, 4.69) is 31.4 Å². The molecule has 1 nitrogen and oxygen atoms in total. The van der Waals surface area contributed by atoms with E-state index in [-0.39, 0.29) is 0 Å². The van der Waals surface area contributed by atoms with Gasteiger partial charge in [-0.2, -0.15) is 0 Å². The first kappa shape index (κ1) is 9.79. The summed E-state index contributed by atoms with van der Waals surface area (Å²) in [5, 5.41) is 0. The second kappa shape index (κ2) is 4.66. The lowest BCUT2D eigenvalue weighted by atomic mass is 9.93. The molecule has 0 aromatic rings. The highest BCUT2D eigenvalue weighted by Crippen LogP contribution is 2.21. The van der Waals surface area contributed by atoms with Crippen molar-refractivity contribution in [2.75, 3.05) is 13.1 Å². The maximum Gasteiger partial charge on any atom is 0.00385 e. The number of rotatable bonds is 3. The van der Waals surface area contributed by atoms with E-state index in [4.69, 9.17) is 0 Å². The van der Waals surface area contributed by atoms with Gasteiger partial charge in [0.25, 0.3) is 0 Å². The summed E-state index contributed by atoms with van der Waals surface area (Å²) >= 11 is 0. The highest BCUT2D eigenvalue weighted by atomic mass is 15.1. The van der Waals surface area contributed by atoms with E-state index in [1.54, 1.807) is 0 Å². The predicted molar refractivity (Wildman–Crippen MR) is 54.2 cm³/mol. The summed E-state index contributed by atoms with van der Waals surface area (Å²) < 4.78 is 0. The summed E-state index contributed by atoms with van der Waals surface area (Å²) in [4.78, 5) is 2.57. The van der Waals surface area contributed by atoms with Gasteiger partial charge >= 0.3 is 0 Å². The largest absolute Gasteiger partial charge is 0.301 e. The molecule has 0 aliphatic carbocycles. The van der Waals surface area contributed by atoms with Gasteiger partial charge in [0.2, 0.25) is 0 Å². The second-order valence-electron chi connectivity index (χ2n) is 4.10. The Balaban J connectivity index is 2.24. The minimum absolute atomic E-state index is 0.731. The Bertz CT molecular complexity index is 132. The van der Waals surface area contributed by atoms with Crippen LogP contribution in [0, 0.1) is 5.92 Å². The van der Waals surface area contributed by atoms with E-state index in [9.17, 15) is 0 Å². The molecule has 0 bridgehead atoms. The van der Waals surface area contributed by atoms with Gasteiger partial charge in [0.15, 0.2) is 0 Å². The molecule has 12 heavy (non-hydrogen) atoms. The maximum absolute atomic E-state index is 3.80. The van der Waals surface area contributed by atoms with Crippen LogP contribution in [0.5, 0.6) is 0 Å². The van der Waals surface area contributed by atoms with E-state index >= 15 is 0 Å². The fourth-order valence-electron chi connectivity index (χ4n) is 1.94. The van der Waals surface area contributed by atoms with Gasteiger partial charge < -0.3 is 4.90 Å². The van der Waals surface area contributed by atoms with E-state index in [1.165, 1.54) is 32.4 Å². The van der Waals surface area contributed by atoms with Crippen molar-refractivity contribution in [2.45, 2.75) is 39.2 Å². The smallest absolute Gasteiger partial charge is 0.00385 e. The van der Waals surface area contributed by atoms with Gasteiger partial charge in [0, 0.05) is 6.04 Å². The van der Waals surface area contributed by atoms with Crippen LogP contribution in [0.4, 0.5) is 0 Å². The first-order chi connectivity index (χ1) is 5.74. The highest BCUT2D eigenvalue weighted by Gasteiger charge is 2.19. The zero-order valence-electron chi connectivity index (χ0n) is 8.42. The maximum atomic E-state index is 3.80. The molecule has 1 heteroatoms. The molecule has 0 aromatic heterocycles. The lowest BCUT2D eigenvalue weighted by Crippen LogP contribution is -2.38. The van der Waals surface area contributed by atoms with Crippen molar-refractivity contribution in [3.05, 3.63) is 12.7 Å². The van der Waals surface area contributed by atoms with Crippen molar-refractivity contribution in [1.29, 1.82) is 0 Å². The monoisotopic (exact) mass is 167 g/mol. The Hall–Kier alpha value is -0.300. The molecule has 1 aliphatic heterocycles. The lowest BCUT2D eigenvalue weighted by Gasteiger charge is -2.34. The average molecular weight is 167 g/mol. The van der Waals surface area contributed by atoms with Crippen LogP contribution in [0.15, 0.2) is 12.7 Å². The molecule has 0 unspecified atom stereocenters. The quantitative estimate of drug-likeness (QED) is 0.584. The molecule has 1 heterocycles. The lowest BCUT2D eigenvalue weighted by molar-refractivity contribution is 0.150. The van der Waals surface area contributed by atoms with Crippen molar-refractivity contribution in [3.63, 3.8) is 0 Å². The molecule has 1 fully saturated rings. The molecule has 1 aliphatic rings. The van der Waals surface area contributed by atoms with Crippen LogP contribution in [-0.4, -0.2) is 24.0 Å². The number of hydrogen-bond donors (Lipinski definition) is 0. The summed E-state index contributed by atoms with van der Waals surface area (Å²) in [5.41, 5.74) is 0. The van der Waals surface area contributed by atoms with Crippen LogP contribution in [-0.2, 0) is 0 Å². The average Bonchev–Trinajstić information content (AvgIpc) is 2.06. The zero-order chi connectivity index (χ0) is 8.97. The van der Waals surface area contributed by atoms with Gasteiger partial charge in [-0.05, 0) is 52.1 Å². The molecule has 0 spiro atoms. The molecule has 0 radical (unpaired) electrons. The molecule has 0 N–H and O–H groups in total. The number of allylic oxidation sites excluding steroid dienone is 1. The summed E-state index contributed by atoms with van der Waals surface area (Å²) in [5.74, 6) is 0.914. The number of hydrogen-bond acceptors (Lipinski definition) is 1. The fraction of sp³-hybridized carbons (Fsp3) is 0.818. The highest BCUT2D eigenvalue weighted by molar-refractivity contribution is 4.79. The minimum Gasteiger partial charge on any atom is -0.301 e. The normalized spacial score (nSPS) is 21.6.